The second-order valence-corrected chi connectivity index (χ2v) is 6.59. The third-order valence-corrected chi connectivity index (χ3v) is 4.44. The van der Waals surface area contributed by atoms with E-state index in [9.17, 15) is 15.1 Å². The molecule has 0 saturated carbocycles. The summed E-state index contributed by atoms with van der Waals surface area (Å²) < 4.78 is 5.53. The van der Waals surface area contributed by atoms with Gasteiger partial charge in [0.1, 0.15) is 18.5 Å². The Bertz CT molecular complexity index is 767. The van der Waals surface area contributed by atoms with Crippen LogP contribution < -0.4 is 14.9 Å². The number of amides is 1. The molecule has 0 aliphatic rings. The number of nitrogens with one attached hydrogen (secondary N) is 1. The lowest BCUT2D eigenvalue weighted by Gasteiger charge is -2.18. The SMILES string of the molecule is CC(=O)N(O)Oc1ccc(CCNCC(O)COc2ccccc2)c(C)c1C. The van der Waals surface area contributed by atoms with E-state index < -0.39 is 12.0 Å². The zero-order valence-electron chi connectivity index (χ0n) is 16.5. The van der Waals surface area contributed by atoms with E-state index in [-0.39, 0.29) is 11.8 Å². The second-order valence-electron chi connectivity index (χ2n) is 6.59. The maximum absolute atomic E-state index is 11.1. The summed E-state index contributed by atoms with van der Waals surface area (Å²) in [6, 6.07) is 13.0. The van der Waals surface area contributed by atoms with Crippen LogP contribution in [0.15, 0.2) is 42.5 Å². The summed E-state index contributed by atoms with van der Waals surface area (Å²) in [5, 5.41) is 22.9. The Balaban J connectivity index is 1.76. The molecule has 0 bridgehead atoms. The first-order chi connectivity index (χ1) is 13.4. The van der Waals surface area contributed by atoms with Crippen LogP contribution in [0, 0.1) is 13.8 Å². The molecule has 1 amide bonds. The fourth-order valence-corrected chi connectivity index (χ4v) is 2.64. The summed E-state index contributed by atoms with van der Waals surface area (Å²) in [5.74, 6) is 0.571. The van der Waals surface area contributed by atoms with Crippen molar-refractivity contribution in [2.75, 3.05) is 19.7 Å². The van der Waals surface area contributed by atoms with E-state index in [4.69, 9.17) is 9.57 Å². The molecule has 0 aliphatic carbocycles. The number of carbonyl (C=O) groups is 1. The average molecular weight is 388 g/mol. The van der Waals surface area contributed by atoms with Gasteiger partial charge < -0.3 is 20.0 Å². The predicted molar refractivity (Wildman–Crippen MR) is 105 cm³/mol. The molecular formula is C21H28N2O5. The lowest BCUT2D eigenvalue weighted by Crippen LogP contribution is -2.32. The van der Waals surface area contributed by atoms with Gasteiger partial charge in [0.2, 0.25) is 0 Å². The van der Waals surface area contributed by atoms with E-state index in [1.165, 1.54) is 6.92 Å². The van der Waals surface area contributed by atoms with Crippen LogP contribution in [-0.4, -0.2) is 47.2 Å². The van der Waals surface area contributed by atoms with E-state index in [0.717, 1.165) is 28.9 Å². The molecule has 0 fully saturated rings. The maximum atomic E-state index is 11.1. The molecule has 0 aromatic heterocycles. The number of ether oxygens (including phenoxy) is 1. The Morgan fingerprint density at radius 1 is 1.14 bits per heavy atom. The van der Waals surface area contributed by atoms with Gasteiger partial charge in [0.25, 0.3) is 5.91 Å². The van der Waals surface area contributed by atoms with Crippen LogP contribution in [0.3, 0.4) is 0 Å². The van der Waals surface area contributed by atoms with Crippen LogP contribution in [0.2, 0.25) is 0 Å². The summed E-state index contributed by atoms with van der Waals surface area (Å²) >= 11 is 0. The van der Waals surface area contributed by atoms with E-state index in [1.807, 2.05) is 50.2 Å². The molecule has 0 aliphatic heterocycles. The van der Waals surface area contributed by atoms with Crippen LogP contribution in [0.4, 0.5) is 0 Å². The number of nitrogens with zero attached hydrogens (tertiary/aromatic N) is 1. The predicted octanol–water partition coefficient (Wildman–Crippen LogP) is 2.41. The van der Waals surface area contributed by atoms with Crippen molar-refractivity contribution in [2.45, 2.75) is 33.3 Å². The zero-order valence-corrected chi connectivity index (χ0v) is 16.5. The molecule has 1 unspecified atom stereocenters. The minimum Gasteiger partial charge on any atom is -0.491 e. The first kappa shape index (κ1) is 21.7. The van der Waals surface area contributed by atoms with Gasteiger partial charge in [-0.15, -0.1) is 0 Å². The number of benzene rings is 2. The van der Waals surface area contributed by atoms with Gasteiger partial charge >= 0.3 is 0 Å². The number of para-hydroxylation sites is 1. The first-order valence-corrected chi connectivity index (χ1v) is 9.21. The Morgan fingerprint density at radius 2 is 1.86 bits per heavy atom. The second kappa shape index (κ2) is 10.7. The molecule has 7 heteroatoms. The Hall–Kier alpha value is -2.61. The van der Waals surface area contributed by atoms with Gasteiger partial charge in [-0.2, -0.15) is 0 Å². The summed E-state index contributed by atoms with van der Waals surface area (Å²) in [5.41, 5.74) is 3.01. The fraction of sp³-hybridized carbons (Fsp3) is 0.381. The van der Waals surface area contributed by atoms with E-state index >= 15 is 0 Å². The molecule has 2 rings (SSSR count). The zero-order chi connectivity index (χ0) is 20.5. The van der Waals surface area contributed by atoms with Crippen molar-refractivity contribution in [1.82, 2.24) is 10.5 Å². The van der Waals surface area contributed by atoms with Gasteiger partial charge in [-0.25, -0.2) is 0 Å². The number of aliphatic hydroxyl groups excluding tert-OH is 1. The van der Waals surface area contributed by atoms with Crippen molar-refractivity contribution in [2.24, 2.45) is 0 Å². The molecule has 0 spiro atoms. The van der Waals surface area contributed by atoms with Crippen LogP contribution >= 0.6 is 0 Å². The van der Waals surface area contributed by atoms with Gasteiger partial charge in [-0.1, -0.05) is 24.3 Å². The normalized spacial score (nSPS) is 11.8. The maximum Gasteiger partial charge on any atom is 0.281 e. The molecule has 2 aromatic rings. The first-order valence-electron chi connectivity index (χ1n) is 9.21. The number of rotatable bonds is 10. The van der Waals surface area contributed by atoms with Crippen LogP contribution in [-0.2, 0) is 11.2 Å². The monoisotopic (exact) mass is 388 g/mol. The van der Waals surface area contributed by atoms with Crippen molar-refractivity contribution in [3.63, 3.8) is 0 Å². The highest BCUT2D eigenvalue weighted by molar-refractivity contribution is 5.71. The molecule has 2 aromatic carbocycles. The van der Waals surface area contributed by atoms with Crippen molar-refractivity contribution in [1.29, 1.82) is 0 Å². The van der Waals surface area contributed by atoms with Gasteiger partial charge in [0.15, 0.2) is 5.75 Å². The highest BCUT2D eigenvalue weighted by Crippen LogP contribution is 2.25. The van der Waals surface area contributed by atoms with Crippen molar-refractivity contribution >= 4 is 5.91 Å². The Morgan fingerprint density at radius 3 is 2.54 bits per heavy atom. The summed E-state index contributed by atoms with van der Waals surface area (Å²) in [4.78, 5) is 16.2. The summed E-state index contributed by atoms with van der Waals surface area (Å²) in [6.07, 6.45) is 0.176. The van der Waals surface area contributed by atoms with Gasteiger partial charge in [-0.05, 0) is 66.9 Å². The smallest absolute Gasteiger partial charge is 0.281 e. The number of hydroxylamine groups is 2. The molecule has 152 valence electrons. The molecular weight excluding hydrogens is 360 g/mol. The van der Waals surface area contributed by atoms with Gasteiger partial charge in [-0.3, -0.25) is 10.0 Å². The molecule has 28 heavy (non-hydrogen) atoms. The number of aliphatic hydroxyl groups is 1. The Labute approximate surface area is 165 Å². The minimum atomic E-state index is -0.597. The largest absolute Gasteiger partial charge is 0.491 e. The van der Waals surface area contributed by atoms with E-state index in [1.54, 1.807) is 6.07 Å². The highest BCUT2D eigenvalue weighted by Gasteiger charge is 2.13. The molecule has 1 atom stereocenters. The van der Waals surface area contributed by atoms with Crippen molar-refractivity contribution in [3.8, 4) is 11.5 Å². The molecule has 0 radical (unpaired) electrons. The van der Waals surface area contributed by atoms with Crippen molar-refractivity contribution < 1.29 is 24.7 Å². The van der Waals surface area contributed by atoms with Crippen molar-refractivity contribution in [3.05, 3.63) is 59.2 Å². The average Bonchev–Trinajstić information content (AvgIpc) is 2.69. The number of carbonyl (C=O) groups excluding carboxylic acids is 1. The molecule has 0 heterocycles. The highest BCUT2D eigenvalue weighted by atomic mass is 16.9. The molecule has 0 saturated heterocycles. The minimum absolute atomic E-state index is 0.224. The van der Waals surface area contributed by atoms with Crippen LogP contribution in [0.25, 0.3) is 0 Å². The quantitative estimate of drug-likeness (QED) is 0.329. The third-order valence-electron chi connectivity index (χ3n) is 4.44. The lowest BCUT2D eigenvalue weighted by molar-refractivity contribution is -0.263. The third kappa shape index (κ3) is 6.53. The number of hydrogen-bond acceptors (Lipinski definition) is 6. The number of hydrogen-bond donors (Lipinski definition) is 3. The standard InChI is InChI=1S/C21H28N2O5/c1-15-16(2)21(28-23(26)17(3)24)10-9-18(15)11-12-22-13-19(25)14-27-20-7-5-4-6-8-20/h4-10,19,22,25-26H,11-14H2,1-3H3. The lowest BCUT2D eigenvalue weighted by atomic mass is 10.00. The van der Waals surface area contributed by atoms with E-state index in [0.29, 0.717) is 18.8 Å². The van der Waals surface area contributed by atoms with Crippen LogP contribution in [0.5, 0.6) is 11.5 Å². The summed E-state index contributed by atoms with van der Waals surface area (Å²) in [6.45, 7) is 6.42. The van der Waals surface area contributed by atoms with E-state index in [2.05, 4.69) is 5.32 Å². The van der Waals surface area contributed by atoms with Gasteiger partial charge in [0.05, 0.1) is 0 Å². The molecule has 7 nitrogen and oxygen atoms in total. The fourth-order valence-electron chi connectivity index (χ4n) is 2.64. The Kier molecular flexibility index (Phi) is 8.25. The van der Waals surface area contributed by atoms with Crippen LogP contribution in [0.1, 0.15) is 23.6 Å². The van der Waals surface area contributed by atoms with Gasteiger partial charge in [0, 0.05) is 13.5 Å². The topological polar surface area (TPSA) is 91.3 Å². The molecule has 3 N–H and O–H groups in total. The summed E-state index contributed by atoms with van der Waals surface area (Å²) in [7, 11) is 0.